The lowest BCUT2D eigenvalue weighted by Crippen LogP contribution is -2.05. The fourth-order valence-corrected chi connectivity index (χ4v) is 8.43. The molecule has 0 radical (unpaired) electrons. The monoisotopic (exact) mass is 668 g/mol. The van der Waals surface area contributed by atoms with Gasteiger partial charge in [-0.25, -0.2) is 14.8 Å². The Morgan fingerprint density at radius 1 is 0.560 bits per heavy atom. The quantitative estimate of drug-likeness (QED) is 0.165. The number of benzene rings is 1. The summed E-state index contributed by atoms with van der Waals surface area (Å²) in [6.45, 7) is 17.8. The second kappa shape index (κ2) is 14.6. The first-order chi connectivity index (χ1) is 24.3. The van der Waals surface area contributed by atoms with Crippen LogP contribution in [0.3, 0.4) is 0 Å². The third kappa shape index (κ3) is 5.73. The van der Waals surface area contributed by atoms with Gasteiger partial charge in [0.15, 0.2) is 0 Å². The van der Waals surface area contributed by atoms with E-state index in [1.165, 1.54) is 51.7 Å². The smallest absolute Gasteiger partial charge is 0.338 e. The van der Waals surface area contributed by atoms with Crippen LogP contribution in [-0.2, 0) is 30.4 Å². The maximum absolute atomic E-state index is 13.4. The van der Waals surface area contributed by atoms with Crippen molar-refractivity contribution in [3.05, 3.63) is 93.1 Å². The Balaban J connectivity index is 1.95. The first-order valence-electron chi connectivity index (χ1n) is 18.8. The highest BCUT2D eigenvalue weighted by atomic mass is 16.5. The van der Waals surface area contributed by atoms with Gasteiger partial charge in [0, 0.05) is 33.2 Å². The summed E-state index contributed by atoms with van der Waals surface area (Å²) in [6.07, 6.45) is 7.00. The van der Waals surface area contributed by atoms with E-state index in [0.717, 1.165) is 107 Å². The van der Waals surface area contributed by atoms with Crippen LogP contribution in [0.25, 0.3) is 55.5 Å². The van der Waals surface area contributed by atoms with Gasteiger partial charge in [-0.15, -0.1) is 0 Å². The Kier molecular flexibility index (Phi) is 10.3. The number of aromatic nitrogens is 4. The molecular weight excluding hydrogens is 617 g/mol. The minimum absolute atomic E-state index is 0.368. The van der Waals surface area contributed by atoms with E-state index in [9.17, 15) is 4.79 Å². The van der Waals surface area contributed by atoms with Gasteiger partial charge in [-0.3, -0.25) is 0 Å². The molecule has 4 aromatic rings. The Labute approximate surface area is 297 Å². The van der Waals surface area contributed by atoms with E-state index in [1.54, 1.807) is 0 Å². The third-order valence-corrected chi connectivity index (χ3v) is 10.7. The number of rotatable bonds is 10. The number of hydrogen-bond donors (Lipinski definition) is 2. The van der Waals surface area contributed by atoms with Crippen molar-refractivity contribution in [2.24, 2.45) is 0 Å². The summed E-state index contributed by atoms with van der Waals surface area (Å²) in [5.74, 6) is -0.368. The molecule has 1 aromatic carbocycles. The number of ether oxygens (including phenoxy) is 1. The van der Waals surface area contributed by atoms with Crippen LogP contribution in [0.5, 0.6) is 0 Å². The average Bonchev–Trinajstić information content (AvgIpc) is 3.87. The molecule has 2 N–H and O–H groups in total. The molecule has 0 aliphatic carbocycles. The molecule has 0 spiro atoms. The maximum atomic E-state index is 13.4. The van der Waals surface area contributed by atoms with E-state index in [-0.39, 0.29) is 5.97 Å². The van der Waals surface area contributed by atoms with Crippen LogP contribution >= 0.6 is 0 Å². The number of methoxy groups -OCH3 is 1. The first kappa shape index (κ1) is 35.1. The molecule has 0 amide bonds. The van der Waals surface area contributed by atoms with Crippen molar-refractivity contribution in [3.8, 4) is 11.1 Å². The standard InChI is InChI=1S/C44H52N4O2/c1-10-25-27(12-3)37-23-39-29(14-5)31(16-7)42(47-39)41(33-20-18-19-21-34(33)44(49)50-9)43-32(17-8)30(15-6)40(48-43)24-38-28(13-4)26(11-2)36(46-38)22-35(25)45-37/h18-24,45-46H,10-17H2,1-9H3. The van der Waals surface area contributed by atoms with E-state index in [4.69, 9.17) is 14.7 Å². The molecule has 0 fully saturated rings. The third-order valence-electron chi connectivity index (χ3n) is 10.7. The number of nitrogens with one attached hydrogen (secondary N) is 2. The Bertz CT molecular complexity index is 2080. The van der Waals surface area contributed by atoms with Crippen molar-refractivity contribution in [1.82, 2.24) is 19.9 Å². The Morgan fingerprint density at radius 2 is 0.960 bits per heavy atom. The lowest BCUT2D eigenvalue weighted by Gasteiger charge is -2.15. The molecule has 2 aliphatic rings. The molecule has 0 unspecified atom stereocenters. The summed E-state index contributed by atoms with van der Waals surface area (Å²) in [5.41, 5.74) is 20.8. The van der Waals surface area contributed by atoms with Crippen molar-refractivity contribution in [2.75, 3.05) is 7.11 Å². The highest BCUT2D eigenvalue weighted by Gasteiger charge is 2.30. The zero-order chi connectivity index (χ0) is 35.7. The van der Waals surface area contributed by atoms with Gasteiger partial charge in [0.05, 0.1) is 35.4 Å². The van der Waals surface area contributed by atoms with Crippen molar-refractivity contribution in [2.45, 2.75) is 107 Å². The molecule has 50 heavy (non-hydrogen) atoms. The number of aromatic amines is 2. The van der Waals surface area contributed by atoms with Crippen LogP contribution in [0, 0.1) is 0 Å². The van der Waals surface area contributed by atoms with Crippen LogP contribution < -0.4 is 0 Å². The lowest BCUT2D eigenvalue weighted by atomic mass is 9.89. The highest BCUT2D eigenvalue weighted by molar-refractivity contribution is 6.06. The number of nitrogens with zero attached hydrogens (tertiary/aromatic N) is 2. The van der Waals surface area contributed by atoms with Gasteiger partial charge in [-0.2, -0.15) is 0 Å². The number of fused-ring (bicyclic) bond motifs is 8. The molecule has 5 heterocycles. The fourth-order valence-electron chi connectivity index (χ4n) is 8.43. The summed E-state index contributed by atoms with van der Waals surface area (Å²) in [6, 6.07) is 14.6. The van der Waals surface area contributed by atoms with Crippen molar-refractivity contribution in [3.63, 3.8) is 0 Å². The van der Waals surface area contributed by atoms with Crippen LogP contribution in [0.15, 0.2) is 42.5 Å². The number of carbonyl (C=O) groups excluding carboxylic acids is 1. The molecule has 2 aliphatic heterocycles. The van der Waals surface area contributed by atoms with Gasteiger partial charge >= 0.3 is 5.97 Å². The second-order valence-electron chi connectivity index (χ2n) is 13.1. The second-order valence-corrected chi connectivity index (χ2v) is 13.1. The van der Waals surface area contributed by atoms with Gasteiger partial charge in [0.1, 0.15) is 0 Å². The molecule has 0 saturated heterocycles. The zero-order valence-corrected chi connectivity index (χ0v) is 31.4. The molecule has 6 nitrogen and oxygen atoms in total. The fraction of sp³-hybridized carbons (Fsp3) is 0.386. The first-order valence-corrected chi connectivity index (χ1v) is 18.8. The Morgan fingerprint density at radius 3 is 1.34 bits per heavy atom. The molecule has 0 atom stereocenters. The summed E-state index contributed by atoms with van der Waals surface area (Å²) in [4.78, 5) is 32.2. The van der Waals surface area contributed by atoms with Crippen LogP contribution in [-0.4, -0.2) is 33.0 Å². The normalized spacial score (nSPS) is 13.1. The number of aryl methyl sites for hydroxylation is 4. The number of esters is 1. The van der Waals surface area contributed by atoms with Gasteiger partial charge in [0.2, 0.25) is 0 Å². The predicted octanol–water partition coefficient (Wildman–Crippen LogP) is 11.5. The molecule has 8 bridgehead atoms. The van der Waals surface area contributed by atoms with E-state index >= 15 is 0 Å². The zero-order valence-electron chi connectivity index (χ0n) is 31.4. The number of hydrogen-bond acceptors (Lipinski definition) is 4. The number of allylic oxidation sites excluding steroid dienone is 4. The lowest BCUT2D eigenvalue weighted by molar-refractivity contribution is 0.0601. The van der Waals surface area contributed by atoms with Gasteiger partial charge in [0.25, 0.3) is 0 Å². The van der Waals surface area contributed by atoms with Gasteiger partial charge in [-0.1, -0.05) is 73.6 Å². The summed E-state index contributed by atoms with van der Waals surface area (Å²) < 4.78 is 5.35. The van der Waals surface area contributed by atoms with Crippen LogP contribution in [0.1, 0.15) is 136 Å². The van der Waals surface area contributed by atoms with Crippen molar-refractivity contribution in [1.29, 1.82) is 0 Å². The SMILES string of the molecule is CCC1=C(CC)c2nc1cc1[nH]c(cc3[nH]c(cc4nc(c2-c2ccccc2C(=O)OC)C(CC)=C4CC)c(CC)c3CC)c(CC)c1CC. The molecule has 6 rings (SSSR count). The van der Waals surface area contributed by atoms with Gasteiger partial charge in [-0.05, 0) is 120 Å². The highest BCUT2D eigenvalue weighted by Crippen LogP contribution is 2.46. The number of H-pyrrole nitrogens is 2. The number of carbonyl (C=O) groups is 1. The van der Waals surface area contributed by atoms with E-state index in [0.29, 0.717) is 5.56 Å². The predicted molar refractivity (Wildman–Crippen MR) is 210 cm³/mol. The maximum Gasteiger partial charge on any atom is 0.338 e. The summed E-state index contributed by atoms with van der Waals surface area (Å²) in [5, 5.41) is 0. The van der Waals surface area contributed by atoms with E-state index in [1.807, 2.05) is 24.3 Å². The molecule has 260 valence electrons. The summed E-state index contributed by atoms with van der Waals surface area (Å²) in [7, 11) is 1.45. The minimum Gasteiger partial charge on any atom is -0.465 e. The Hall–Kier alpha value is -4.71. The van der Waals surface area contributed by atoms with Crippen LogP contribution in [0.2, 0.25) is 0 Å². The van der Waals surface area contributed by atoms with E-state index < -0.39 is 0 Å². The molecule has 0 saturated carbocycles. The largest absolute Gasteiger partial charge is 0.465 e. The van der Waals surface area contributed by atoms with Crippen molar-refractivity contribution >= 4 is 50.3 Å². The van der Waals surface area contributed by atoms with Crippen molar-refractivity contribution < 1.29 is 9.53 Å². The topological polar surface area (TPSA) is 83.7 Å². The van der Waals surface area contributed by atoms with Gasteiger partial charge < -0.3 is 14.7 Å². The molecule has 6 heteroatoms. The van der Waals surface area contributed by atoms with E-state index in [2.05, 4.69) is 83.6 Å². The minimum atomic E-state index is -0.368. The van der Waals surface area contributed by atoms with Crippen LogP contribution in [0.4, 0.5) is 0 Å². The average molecular weight is 669 g/mol. The molecular formula is C44H52N4O2. The summed E-state index contributed by atoms with van der Waals surface area (Å²) >= 11 is 0. The molecule has 3 aromatic heterocycles.